The third kappa shape index (κ3) is 6.51. The lowest BCUT2D eigenvalue weighted by atomic mass is 10.2. The lowest BCUT2D eigenvalue weighted by molar-refractivity contribution is -0.113. The van der Waals surface area contributed by atoms with Gasteiger partial charge in [0.15, 0.2) is 11.5 Å². The van der Waals surface area contributed by atoms with Gasteiger partial charge in [0, 0.05) is 11.8 Å². The number of hydrazone groups is 1. The number of hydrogen-bond donors (Lipinski definition) is 1. The molecule has 1 amide bonds. The van der Waals surface area contributed by atoms with Crippen LogP contribution in [0.25, 0.3) is 0 Å². The number of carbonyl (C=O) groups is 1. The Morgan fingerprint density at radius 1 is 1.19 bits per heavy atom. The number of amidine groups is 1. The summed E-state index contributed by atoms with van der Waals surface area (Å²) in [6, 6.07) is 14.6. The first-order valence-corrected chi connectivity index (χ1v) is 10.5. The number of ether oxygens (including phenoxy) is 3. The van der Waals surface area contributed by atoms with E-state index < -0.39 is 0 Å². The number of nitrogens with zero attached hydrogens (tertiary/aromatic N) is 3. The highest BCUT2D eigenvalue weighted by atomic mass is 32.2. The van der Waals surface area contributed by atoms with E-state index in [9.17, 15) is 4.79 Å². The smallest absolute Gasteiger partial charge is 0.234 e. The van der Waals surface area contributed by atoms with Gasteiger partial charge in [-0.25, -0.2) is 0 Å². The largest absolute Gasteiger partial charge is 0.493 e. The Hall–Kier alpha value is -3.46. The minimum atomic E-state index is -0.193. The van der Waals surface area contributed by atoms with Crippen molar-refractivity contribution in [3.8, 4) is 17.2 Å². The van der Waals surface area contributed by atoms with Gasteiger partial charge in [-0.1, -0.05) is 36.0 Å². The average Bonchev–Trinajstić information content (AvgIpc) is 2.78. The van der Waals surface area contributed by atoms with Crippen molar-refractivity contribution in [2.45, 2.75) is 0 Å². The van der Waals surface area contributed by atoms with Crippen LogP contribution in [-0.4, -0.2) is 55.0 Å². The maximum absolute atomic E-state index is 12.4. The highest BCUT2D eigenvalue weighted by molar-refractivity contribution is 8.14. The van der Waals surface area contributed by atoms with Crippen LogP contribution in [0.3, 0.4) is 0 Å². The van der Waals surface area contributed by atoms with Crippen LogP contribution in [0.1, 0.15) is 0 Å². The molecule has 2 aromatic carbocycles. The molecule has 1 heterocycles. The summed E-state index contributed by atoms with van der Waals surface area (Å²) in [7, 11) is 3.10. The molecule has 0 radical (unpaired) electrons. The molecular weight excluding hydrogens is 416 g/mol. The summed E-state index contributed by atoms with van der Waals surface area (Å²) < 4.78 is 16.3. The van der Waals surface area contributed by atoms with E-state index in [1.807, 2.05) is 30.3 Å². The van der Waals surface area contributed by atoms with E-state index in [2.05, 4.69) is 22.0 Å². The van der Waals surface area contributed by atoms with E-state index >= 15 is 0 Å². The first-order chi connectivity index (χ1) is 15.1. The van der Waals surface area contributed by atoms with Crippen molar-refractivity contribution in [3.63, 3.8) is 0 Å². The summed E-state index contributed by atoms with van der Waals surface area (Å²) >= 11 is 1.22. The van der Waals surface area contributed by atoms with Crippen molar-refractivity contribution < 1.29 is 19.0 Å². The van der Waals surface area contributed by atoms with E-state index in [1.54, 1.807) is 43.5 Å². The van der Waals surface area contributed by atoms with Gasteiger partial charge in [0.05, 0.1) is 26.5 Å². The molecule has 0 aromatic heterocycles. The molecule has 0 saturated carbocycles. The number of aliphatic imine (C=N–C) groups is 1. The Labute approximate surface area is 185 Å². The standard InChI is InChI=1S/C22H24N4O4S/c1-4-12-26-14-21(30-17-8-6-5-7-9-17)24-22(25-26)31-15-20(27)23-16-10-11-18(28-2)19(13-16)29-3/h4-11,13H,1,12,14-15H2,2-3H3,(H,23,27). The molecular formula is C22H24N4O4S. The number of rotatable bonds is 8. The van der Waals surface area contributed by atoms with Crippen molar-refractivity contribution >= 4 is 34.4 Å². The second kappa shape index (κ2) is 11.1. The minimum Gasteiger partial charge on any atom is -0.493 e. The SMILES string of the molecule is C=CCN1CC(Oc2ccccc2)=NC(SCC(=O)Nc2ccc(OC)c(OC)c2)=N1. The molecule has 9 heteroatoms. The second-order valence-electron chi connectivity index (χ2n) is 6.35. The van der Waals surface area contributed by atoms with Gasteiger partial charge in [0.2, 0.25) is 17.0 Å². The summed E-state index contributed by atoms with van der Waals surface area (Å²) in [6.07, 6.45) is 1.75. The molecule has 0 saturated heterocycles. The number of nitrogens with one attached hydrogen (secondary N) is 1. The van der Waals surface area contributed by atoms with Gasteiger partial charge < -0.3 is 19.5 Å². The molecule has 0 atom stereocenters. The fourth-order valence-electron chi connectivity index (χ4n) is 2.71. The molecule has 0 unspecified atom stereocenters. The maximum Gasteiger partial charge on any atom is 0.234 e. The van der Waals surface area contributed by atoms with E-state index in [4.69, 9.17) is 14.2 Å². The van der Waals surface area contributed by atoms with Gasteiger partial charge in [-0.15, -0.1) is 11.7 Å². The Balaban J connectivity index is 1.62. The number of thioether (sulfide) groups is 1. The zero-order valence-corrected chi connectivity index (χ0v) is 18.2. The summed E-state index contributed by atoms with van der Waals surface area (Å²) in [6.45, 7) is 4.71. The Morgan fingerprint density at radius 3 is 2.68 bits per heavy atom. The third-order valence-corrected chi connectivity index (χ3v) is 4.92. The monoisotopic (exact) mass is 440 g/mol. The second-order valence-corrected chi connectivity index (χ2v) is 7.29. The lowest BCUT2D eigenvalue weighted by Gasteiger charge is -2.23. The third-order valence-electron chi connectivity index (χ3n) is 4.08. The van der Waals surface area contributed by atoms with Crippen LogP contribution in [0.5, 0.6) is 17.2 Å². The number of benzene rings is 2. The van der Waals surface area contributed by atoms with Crippen molar-refractivity contribution in [2.24, 2.45) is 10.1 Å². The molecule has 2 aromatic rings. The molecule has 1 N–H and O–H groups in total. The number of hydrogen-bond acceptors (Lipinski definition) is 8. The van der Waals surface area contributed by atoms with E-state index in [-0.39, 0.29) is 11.7 Å². The first kappa shape index (κ1) is 22.2. The van der Waals surface area contributed by atoms with Gasteiger partial charge in [0.25, 0.3) is 0 Å². The minimum absolute atomic E-state index is 0.136. The Kier molecular flexibility index (Phi) is 7.94. The van der Waals surface area contributed by atoms with Crippen LogP contribution in [-0.2, 0) is 4.79 Å². The lowest BCUT2D eigenvalue weighted by Crippen LogP contribution is -2.33. The van der Waals surface area contributed by atoms with Gasteiger partial charge in [-0.05, 0) is 24.3 Å². The van der Waals surface area contributed by atoms with Crippen LogP contribution in [0.15, 0.2) is 71.3 Å². The van der Waals surface area contributed by atoms with Crippen molar-refractivity contribution in [2.75, 3.05) is 38.4 Å². The first-order valence-electron chi connectivity index (χ1n) is 9.51. The molecule has 3 rings (SSSR count). The predicted octanol–water partition coefficient (Wildman–Crippen LogP) is 3.63. The average molecular weight is 441 g/mol. The van der Waals surface area contributed by atoms with Gasteiger partial charge in [-0.2, -0.15) is 4.99 Å². The number of para-hydroxylation sites is 1. The molecule has 162 valence electrons. The Bertz CT molecular complexity index is 979. The van der Waals surface area contributed by atoms with Crippen LogP contribution >= 0.6 is 11.8 Å². The normalized spacial score (nSPS) is 13.0. The zero-order valence-electron chi connectivity index (χ0n) is 17.4. The van der Waals surface area contributed by atoms with E-state index in [1.165, 1.54) is 11.8 Å². The van der Waals surface area contributed by atoms with Crippen LogP contribution in [0, 0.1) is 0 Å². The predicted molar refractivity (Wildman–Crippen MR) is 124 cm³/mol. The van der Waals surface area contributed by atoms with Gasteiger partial charge in [-0.3, -0.25) is 9.80 Å². The molecule has 31 heavy (non-hydrogen) atoms. The highest BCUT2D eigenvalue weighted by Gasteiger charge is 2.18. The fraction of sp³-hybridized carbons (Fsp3) is 0.227. The quantitative estimate of drug-likeness (QED) is 0.631. The maximum atomic E-state index is 12.4. The number of amides is 1. The number of anilines is 1. The van der Waals surface area contributed by atoms with Gasteiger partial charge >= 0.3 is 0 Å². The van der Waals surface area contributed by atoms with Gasteiger partial charge in [0.1, 0.15) is 12.3 Å². The molecule has 0 spiro atoms. The zero-order chi connectivity index (χ0) is 22.1. The fourth-order valence-corrected chi connectivity index (χ4v) is 3.39. The van der Waals surface area contributed by atoms with E-state index in [0.29, 0.717) is 47.1 Å². The summed E-state index contributed by atoms with van der Waals surface area (Å²) in [5.74, 6) is 2.27. The van der Waals surface area contributed by atoms with Crippen molar-refractivity contribution in [1.29, 1.82) is 0 Å². The topological polar surface area (TPSA) is 84.8 Å². The molecule has 0 aliphatic carbocycles. The van der Waals surface area contributed by atoms with Crippen LogP contribution in [0.2, 0.25) is 0 Å². The summed E-state index contributed by atoms with van der Waals surface area (Å²) in [5, 5.41) is 9.52. The molecule has 1 aliphatic heterocycles. The Morgan fingerprint density at radius 2 is 1.97 bits per heavy atom. The van der Waals surface area contributed by atoms with Crippen molar-refractivity contribution in [3.05, 3.63) is 61.2 Å². The number of carbonyl (C=O) groups excluding carboxylic acids is 1. The molecule has 8 nitrogen and oxygen atoms in total. The van der Waals surface area contributed by atoms with Crippen molar-refractivity contribution in [1.82, 2.24) is 5.01 Å². The van der Waals surface area contributed by atoms with Crippen LogP contribution in [0.4, 0.5) is 5.69 Å². The highest BCUT2D eigenvalue weighted by Crippen LogP contribution is 2.29. The number of methoxy groups -OCH3 is 2. The molecule has 1 aliphatic rings. The molecule has 0 fully saturated rings. The van der Waals surface area contributed by atoms with E-state index in [0.717, 1.165) is 0 Å². The summed E-state index contributed by atoms with van der Waals surface area (Å²) in [5.41, 5.74) is 0.610. The molecule has 0 bridgehead atoms. The summed E-state index contributed by atoms with van der Waals surface area (Å²) in [4.78, 5) is 16.9. The van der Waals surface area contributed by atoms with Crippen LogP contribution < -0.4 is 19.5 Å².